The molecule has 2 N–H and O–H groups in total. The summed E-state index contributed by atoms with van der Waals surface area (Å²) in [5.41, 5.74) is 5.73. The van der Waals surface area contributed by atoms with Crippen molar-refractivity contribution in [2.75, 3.05) is 26.2 Å². The standard InChI is InChI=1S/C11H23N3O2S/c1-2-11(12)9-14(10-11)17(15,16)13-7-5-3-4-6-8-13/h2-10,12H2,1H3. The molecule has 17 heavy (non-hydrogen) atoms. The number of nitrogens with zero attached hydrogens (tertiary/aromatic N) is 2. The highest BCUT2D eigenvalue weighted by atomic mass is 32.2. The first kappa shape index (κ1) is 13.3. The smallest absolute Gasteiger partial charge is 0.282 e. The molecule has 0 amide bonds. The first-order valence-electron chi connectivity index (χ1n) is 6.52. The summed E-state index contributed by atoms with van der Waals surface area (Å²) in [6, 6.07) is 0. The molecule has 0 saturated carbocycles. The second-order valence-corrected chi connectivity index (χ2v) is 7.23. The van der Waals surface area contributed by atoms with Gasteiger partial charge < -0.3 is 5.73 Å². The molecule has 2 aliphatic heterocycles. The second-order valence-electron chi connectivity index (χ2n) is 5.31. The van der Waals surface area contributed by atoms with E-state index >= 15 is 0 Å². The summed E-state index contributed by atoms with van der Waals surface area (Å²) in [5, 5.41) is 0. The van der Waals surface area contributed by atoms with E-state index in [9.17, 15) is 8.42 Å². The molecule has 100 valence electrons. The minimum Gasteiger partial charge on any atom is -0.323 e. The van der Waals surface area contributed by atoms with Crippen molar-refractivity contribution in [1.82, 2.24) is 8.61 Å². The zero-order valence-electron chi connectivity index (χ0n) is 10.6. The molecule has 0 bridgehead atoms. The van der Waals surface area contributed by atoms with E-state index in [2.05, 4.69) is 0 Å². The monoisotopic (exact) mass is 261 g/mol. The fraction of sp³-hybridized carbons (Fsp3) is 1.00. The SMILES string of the molecule is CCC1(N)CN(S(=O)(=O)N2CCCCCC2)C1. The van der Waals surface area contributed by atoms with Crippen molar-refractivity contribution in [3.63, 3.8) is 0 Å². The van der Waals surface area contributed by atoms with E-state index in [1.807, 2.05) is 6.92 Å². The first-order chi connectivity index (χ1) is 7.98. The van der Waals surface area contributed by atoms with Crippen molar-refractivity contribution >= 4 is 10.2 Å². The summed E-state index contributed by atoms with van der Waals surface area (Å²) in [6.45, 7) is 4.30. The van der Waals surface area contributed by atoms with E-state index in [0.29, 0.717) is 26.2 Å². The minimum atomic E-state index is -3.24. The van der Waals surface area contributed by atoms with E-state index in [0.717, 1.165) is 32.1 Å². The Morgan fingerprint density at radius 1 is 1.06 bits per heavy atom. The zero-order chi connectivity index (χ0) is 12.5. The Bertz CT molecular complexity index is 355. The Morgan fingerprint density at radius 2 is 1.59 bits per heavy atom. The van der Waals surface area contributed by atoms with Gasteiger partial charge in [-0.3, -0.25) is 0 Å². The van der Waals surface area contributed by atoms with Gasteiger partial charge in [-0.05, 0) is 19.3 Å². The van der Waals surface area contributed by atoms with E-state index in [1.54, 1.807) is 4.31 Å². The van der Waals surface area contributed by atoms with Crippen LogP contribution in [-0.2, 0) is 10.2 Å². The fourth-order valence-corrected chi connectivity index (χ4v) is 4.37. The Balaban J connectivity index is 1.99. The molecule has 0 aromatic heterocycles. The van der Waals surface area contributed by atoms with Gasteiger partial charge in [0, 0.05) is 31.7 Å². The lowest BCUT2D eigenvalue weighted by Crippen LogP contribution is -2.69. The summed E-state index contributed by atoms with van der Waals surface area (Å²) < 4.78 is 27.8. The van der Waals surface area contributed by atoms with E-state index in [-0.39, 0.29) is 5.54 Å². The van der Waals surface area contributed by atoms with Gasteiger partial charge in [-0.25, -0.2) is 0 Å². The third-order valence-corrected chi connectivity index (χ3v) is 5.83. The molecule has 0 aromatic carbocycles. The van der Waals surface area contributed by atoms with Crippen LogP contribution in [0.3, 0.4) is 0 Å². The average Bonchev–Trinajstić information content (AvgIpc) is 2.53. The van der Waals surface area contributed by atoms with Crippen LogP contribution in [0.15, 0.2) is 0 Å². The molecule has 6 heteroatoms. The van der Waals surface area contributed by atoms with Crippen LogP contribution in [0, 0.1) is 0 Å². The van der Waals surface area contributed by atoms with Gasteiger partial charge in [0.2, 0.25) is 0 Å². The maximum atomic E-state index is 12.3. The average molecular weight is 261 g/mol. The fourth-order valence-electron chi connectivity index (χ4n) is 2.48. The van der Waals surface area contributed by atoms with Crippen LogP contribution < -0.4 is 5.73 Å². The maximum absolute atomic E-state index is 12.3. The largest absolute Gasteiger partial charge is 0.323 e. The third kappa shape index (κ3) is 2.65. The lowest BCUT2D eigenvalue weighted by Gasteiger charge is -2.47. The van der Waals surface area contributed by atoms with Crippen LogP contribution in [0.25, 0.3) is 0 Å². The topological polar surface area (TPSA) is 66.6 Å². The predicted octanol–water partition coefficient (Wildman–Crippen LogP) is 0.530. The number of hydrogen-bond acceptors (Lipinski definition) is 3. The molecule has 0 radical (unpaired) electrons. The number of hydrogen-bond donors (Lipinski definition) is 1. The molecular formula is C11H23N3O2S. The molecule has 2 saturated heterocycles. The molecule has 0 aromatic rings. The van der Waals surface area contributed by atoms with E-state index < -0.39 is 10.2 Å². The van der Waals surface area contributed by atoms with Gasteiger partial charge in [0.15, 0.2) is 0 Å². The lowest BCUT2D eigenvalue weighted by molar-refractivity contribution is 0.143. The van der Waals surface area contributed by atoms with Gasteiger partial charge in [-0.15, -0.1) is 0 Å². The van der Waals surface area contributed by atoms with Crippen molar-refractivity contribution < 1.29 is 8.42 Å². The Hall–Kier alpha value is -0.170. The van der Waals surface area contributed by atoms with Crippen LogP contribution in [0.2, 0.25) is 0 Å². The predicted molar refractivity (Wildman–Crippen MR) is 67.7 cm³/mol. The molecule has 0 atom stereocenters. The van der Waals surface area contributed by atoms with Crippen molar-refractivity contribution in [2.45, 2.75) is 44.6 Å². The Kier molecular flexibility index (Phi) is 3.77. The van der Waals surface area contributed by atoms with Crippen molar-refractivity contribution in [3.8, 4) is 0 Å². The number of nitrogens with two attached hydrogens (primary N) is 1. The summed E-state index contributed by atoms with van der Waals surface area (Å²) in [6.07, 6.45) is 5.08. The molecule has 0 spiro atoms. The van der Waals surface area contributed by atoms with Crippen LogP contribution in [-0.4, -0.2) is 48.7 Å². The molecular weight excluding hydrogens is 238 g/mol. The van der Waals surface area contributed by atoms with Crippen molar-refractivity contribution in [2.24, 2.45) is 5.73 Å². The molecule has 0 unspecified atom stereocenters. The van der Waals surface area contributed by atoms with Crippen molar-refractivity contribution in [3.05, 3.63) is 0 Å². The van der Waals surface area contributed by atoms with Crippen LogP contribution >= 0.6 is 0 Å². The van der Waals surface area contributed by atoms with E-state index in [4.69, 9.17) is 5.73 Å². The van der Waals surface area contributed by atoms with Crippen LogP contribution in [0.5, 0.6) is 0 Å². The first-order valence-corrected chi connectivity index (χ1v) is 7.92. The molecule has 0 aliphatic carbocycles. The summed E-state index contributed by atoms with van der Waals surface area (Å²) >= 11 is 0. The highest BCUT2D eigenvalue weighted by molar-refractivity contribution is 7.86. The van der Waals surface area contributed by atoms with Gasteiger partial charge in [0.25, 0.3) is 10.2 Å². The van der Waals surface area contributed by atoms with Gasteiger partial charge in [0.1, 0.15) is 0 Å². The van der Waals surface area contributed by atoms with Crippen LogP contribution in [0.1, 0.15) is 39.0 Å². The quantitative estimate of drug-likeness (QED) is 0.806. The van der Waals surface area contributed by atoms with Crippen LogP contribution in [0.4, 0.5) is 0 Å². The molecule has 2 rings (SSSR count). The highest BCUT2D eigenvalue weighted by Gasteiger charge is 2.46. The Morgan fingerprint density at radius 3 is 2.06 bits per heavy atom. The molecule has 5 nitrogen and oxygen atoms in total. The van der Waals surface area contributed by atoms with Crippen molar-refractivity contribution in [1.29, 1.82) is 0 Å². The third-order valence-electron chi connectivity index (χ3n) is 3.90. The zero-order valence-corrected chi connectivity index (χ0v) is 11.4. The highest BCUT2D eigenvalue weighted by Crippen LogP contribution is 2.27. The lowest BCUT2D eigenvalue weighted by atomic mass is 9.91. The molecule has 2 aliphatic rings. The summed E-state index contributed by atoms with van der Waals surface area (Å²) in [5.74, 6) is 0. The normalized spacial score (nSPS) is 27.4. The number of rotatable bonds is 3. The van der Waals surface area contributed by atoms with Gasteiger partial charge in [-0.1, -0.05) is 19.8 Å². The molecule has 2 heterocycles. The molecule has 2 fully saturated rings. The summed E-state index contributed by atoms with van der Waals surface area (Å²) in [4.78, 5) is 0. The Labute approximate surface area is 104 Å². The van der Waals surface area contributed by atoms with Gasteiger partial charge >= 0.3 is 0 Å². The second kappa shape index (κ2) is 4.84. The minimum absolute atomic E-state index is 0.293. The summed E-state index contributed by atoms with van der Waals surface area (Å²) in [7, 11) is -3.24. The maximum Gasteiger partial charge on any atom is 0.282 e. The van der Waals surface area contributed by atoms with Gasteiger partial charge in [-0.2, -0.15) is 17.0 Å². The van der Waals surface area contributed by atoms with E-state index in [1.165, 1.54) is 4.31 Å². The van der Waals surface area contributed by atoms with Gasteiger partial charge in [0.05, 0.1) is 0 Å².